The minimum atomic E-state index is 0.285. The van der Waals surface area contributed by atoms with E-state index in [1.165, 1.54) is 5.57 Å². The van der Waals surface area contributed by atoms with Crippen LogP contribution in [0.15, 0.2) is 11.6 Å². The molecule has 2 N–H and O–H groups in total. The zero-order valence-corrected chi connectivity index (χ0v) is 16.3. The van der Waals surface area contributed by atoms with Crippen LogP contribution in [0, 0.1) is 13.8 Å². The van der Waals surface area contributed by atoms with Gasteiger partial charge in [0.05, 0.1) is 11.7 Å². The topological polar surface area (TPSA) is 40.7 Å². The molecule has 1 aromatic heterocycles. The van der Waals surface area contributed by atoms with Crippen molar-refractivity contribution in [2.45, 2.75) is 82.2 Å². The molecule has 126 valence electrons. The highest BCUT2D eigenvalue weighted by atomic mass is 15.0. The summed E-state index contributed by atoms with van der Waals surface area (Å²) in [5.74, 6) is 1.03. The van der Waals surface area contributed by atoms with E-state index < -0.39 is 0 Å². The van der Waals surface area contributed by atoms with Gasteiger partial charge in [-0.2, -0.15) is 0 Å². The number of imidazole rings is 1. The molecule has 0 saturated heterocycles. The molecule has 0 saturated carbocycles. The third-order valence-corrected chi connectivity index (χ3v) is 2.49. The Morgan fingerprint density at radius 3 is 1.67 bits per heavy atom. The molecule has 3 nitrogen and oxygen atoms in total. The number of aromatic nitrogens is 2. The average molecular weight is 298 g/mol. The Bertz CT molecular complexity index is 332. The highest BCUT2D eigenvalue weighted by Gasteiger charge is 2.17. The Labute approximate surface area is 133 Å². The maximum atomic E-state index is 4.46. The Morgan fingerprint density at radius 1 is 0.905 bits per heavy atom. The number of hydrogen-bond acceptors (Lipinski definition) is 2. The van der Waals surface area contributed by atoms with E-state index in [-0.39, 0.29) is 6.04 Å². The maximum absolute atomic E-state index is 4.46. The first-order valence-electron chi connectivity index (χ1n) is 8.60. The van der Waals surface area contributed by atoms with Crippen molar-refractivity contribution < 1.29 is 0 Å². The molecule has 1 aromatic rings. The van der Waals surface area contributed by atoms with Gasteiger partial charge in [0.25, 0.3) is 0 Å². The molecule has 1 aliphatic heterocycles. The summed E-state index contributed by atoms with van der Waals surface area (Å²) in [5, 5.41) is 3.38. The van der Waals surface area contributed by atoms with Crippen LogP contribution in [0.4, 0.5) is 0 Å². The van der Waals surface area contributed by atoms with Crippen molar-refractivity contribution in [3.63, 3.8) is 0 Å². The van der Waals surface area contributed by atoms with Gasteiger partial charge in [0.1, 0.15) is 5.82 Å². The number of nitrogens with zero attached hydrogens (tertiary/aromatic N) is 1. The molecule has 0 fully saturated rings. The summed E-state index contributed by atoms with van der Waals surface area (Å²) in [6.45, 7) is 23.2. The van der Waals surface area contributed by atoms with Crippen molar-refractivity contribution >= 4 is 0 Å². The summed E-state index contributed by atoms with van der Waals surface area (Å²) in [4.78, 5) is 7.75. The summed E-state index contributed by atoms with van der Waals surface area (Å²) in [5.41, 5.74) is 3.64. The van der Waals surface area contributed by atoms with E-state index in [4.69, 9.17) is 0 Å². The lowest BCUT2D eigenvalue weighted by atomic mass is 10.2. The fraction of sp³-hybridized carbons (Fsp3) is 0.722. The molecule has 0 aliphatic carbocycles. The molecule has 2 rings (SSSR count). The second kappa shape index (κ2) is 17.0. The van der Waals surface area contributed by atoms with Gasteiger partial charge in [0, 0.05) is 12.2 Å². The lowest BCUT2D eigenvalue weighted by Gasteiger charge is -2.03. The maximum Gasteiger partial charge on any atom is 0.127 e. The predicted octanol–water partition coefficient (Wildman–Crippen LogP) is 5.72. The molecule has 3 heteroatoms. The van der Waals surface area contributed by atoms with Crippen molar-refractivity contribution in [2.75, 3.05) is 6.54 Å². The summed E-state index contributed by atoms with van der Waals surface area (Å²) in [6.07, 6.45) is 2.22. The van der Waals surface area contributed by atoms with E-state index in [2.05, 4.69) is 35.2 Å². The third-order valence-electron chi connectivity index (χ3n) is 2.49. The first-order chi connectivity index (χ1) is 10.2. The monoisotopic (exact) mass is 297 g/mol. The highest BCUT2D eigenvalue weighted by Crippen LogP contribution is 2.19. The van der Waals surface area contributed by atoms with Crippen LogP contribution in [-0.2, 0) is 0 Å². The minimum Gasteiger partial charge on any atom is -0.344 e. The van der Waals surface area contributed by atoms with E-state index in [0.29, 0.717) is 0 Å². The fourth-order valence-corrected chi connectivity index (χ4v) is 1.57. The van der Waals surface area contributed by atoms with Gasteiger partial charge >= 0.3 is 0 Å². The Morgan fingerprint density at radius 2 is 1.38 bits per heavy atom. The molecule has 0 radical (unpaired) electrons. The van der Waals surface area contributed by atoms with E-state index in [1.54, 1.807) is 0 Å². The second-order valence-electron chi connectivity index (χ2n) is 3.70. The summed E-state index contributed by atoms with van der Waals surface area (Å²) < 4.78 is 0. The normalized spacial score (nSPS) is 14.8. The first kappa shape index (κ1) is 24.9. The Kier molecular flexibility index (Phi) is 20.1. The highest BCUT2D eigenvalue weighted by molar-refractivity contribution is 5.22. The molecule has 2 heterocycles. The van der Waals surface area contributed by atoms with Crippen LogP contribution >= 0.6 is 0 Å². The van der Waals surface area contributed by atoms with Gasteiger partial charge in [-0.1, -0.05) is 67.0 Å². The van der Waals surface area contributed by atoms with Gasteiger partial charge in [0.2, 0.25) is 0 Å². The van der Waals surface area contributed by atoms with Crippen LogP contribution in [0.2, 0.25) is 0 Å². The van der Waals surface area contributed by atoms with Crippen molar-refractivity contribution in [1.29, 1.82) is 0 Å². The molecular weight excluding hydrogens is 258 g/mol. The standard InChI is InChI=1S/C10H15N3.4C2H6/c1-6-4-9(11-5-6)10-12-7(2)8(3)13-10;4*1-2/h4,9,11H,5H2,1-3H3,(H,12,13);4*1-2H3. The van der Waals surface area contributed by atoms with E-state index in [9.17, 15) is 0 Å². The van der Waals surface area contributed by atoms with Crippen molar-refractivity contribution in [3.8, 4) is 0 Å². The quantitative estimate of drug-likeness (QED) is 0.651. The number of aromatic amines is 1. The minimum absolute atomic E-state index is 0.285. The van der Waals surface area contributed by atoms with Crippen LogP contribution in [0.1, 0.15) is 85.6 Å². The molecule has 1 aliphatic rings. The summed E-state index contributed by atoms with van der Waals surface area (Å²) >= 11 is 0. The summed E-state index contributed by atoms with van der Waals surface area (Å²) in [7, 11) is 0. The van der Waals surface area contributed by atoms with Crippen LogP contribution in [-0.4, -0.2) is 16.5 Å². The molecule has 1 atom stereocenters. The number of rotatable bonds is 1. The molecule has 0 aromatic carbocycles. The van der Waals surface area contributed by atoms with Crippen molar-refractivity contribution in [1.82, 2.24) is 15.3 Å². The fourth-order valence-electron chi connectivity index (χ4n) is 1.57. The van der Waals surface area contributed by atoms with Gasteiger partial charge in [0.15, 0.2) is 0 Å². The molecular formula is C18H39N3. The van der Waals surface area contributed by atoms with Crippen LogP contribution in [0.5, 0.6) is 0 Å². The van der Waals surface area contributed by atoms with Crippen molar-refractivity contribution in [3.05, 3.63) is 28.9 Å². The smallest absolute Gasteiger partial charge is 0.127 e. The SMILES string of the molecule is CC.CC.CC.CC.CC1=CC(c2nc(C)c(C)[nH]2)NC1. The molecule has 0 spiro atoms. The average Bonchev–Trinajstić information content (AvgIpc) is 3.14. The second-order valence-corrected chi connectivity index (χ2v) is 3.70. The Balaban J connectivity index is -0.000000353. The van der Waals surface area contributed by atoms with Gasteiger partial charge in [-0.3, -0.25) is 0 Å². The Hall–Kier alpha value is -1.09. The lowest BCUT2D eigenvalue weighted by molar-refractivity contribution is 0.671. The molecule has 1 unspecified atom stereocenters. The van der Waals surface area contributed by atoms with Crippen LogP contribution in [0.25, 0.3) is 0 Å². The molecule has 0 amide bonds. The van der Waals surface area contributed by atoms with E-state index in [1.807, 2.05) is 62.3 Å². The largest absolute Gasteiger partial charge is 0.344 e. The number of aryl methyl sites for hydroxylation is 2. The zero-order valence-electron chi connectivity index (χ0n) is 16.3. The van der Waals surface area contributed by atoms with Crippen LogP contribution in [0.3, 0.4) is 0 Å². The van der Waals surface area contributed by atoms with Crippen molar-refractivity contribution in [2.24, 2.45) is 0 Å². The molecule has 21 heavy (non-hydrogen) atoms. The zero-order chi connectivity index (χ0) is 17.4. The predicted molar refractivity (Wildman–Crippen MR) is 98.0 cm³/mol. The lowest BCUT2D eigenvalue weighted by Crippen LogP contribution is -2.15. The van der Waals surface area contributed by atoms with Gasteiger partial charge in [-0.15, -0.1) is 0 Å². The van der Waals surface area contributed by atoms with Crippen LogP contribution < -0.4 is 5.32 Å². The summed E-state index contributed by atoms with van der Waals surface area (Å²) in [6, 6.07) is 0.285. The number of hydrogen-bond donors (Lipinski definition) is 2. The number of nitrogens with one attached hydrogen (secondary N) is 2. The number of H-pyrrole nitrogens is 1. The van der Waals surface area contributed by atoms with Gasteiger partial charge < -0.3 is 10.3 Å². The molecule has 0 bridgehead atoms. The van der Waals surface area contributed by atoms with E-state index in [0.717, 1.165) is 23.8 Å². The van der Waals surface area contributed by atoms with E-state index >= 15 is 0 Å². The van der Waals surface area contributed by atoms with Gasteiger partial charge in [-0.05, 0) is 20.8 Å². The first-order valence-corrected chi connectivity index (χ1v) is 8.60. The third kappa shape index (κ3) is 9.46. The van der Waals surface area contributed by atoms with Gasteiger partial charge in [-0.25, -0.2) is 4.98 Å².